The predicted molar refractivity (Wildman–Crippen MR) is 126 cm³/mol. The molecule has 1 saturated heterocycles. The maximum absolute atomic E-state index is 11.1. The van der Waals surface area contributed by atoms with Crippen molar-refractivity contribution in [2.24, 2.45) is 0 Å². The third-order valence-corrected chi connectivity index (χ3v) is 6.35. The molecule has 0 saturated carbocycles. The highest BCUT2D eigenvalue weighted by atomic mass is 35.5. The van der Waals surface area contributed by atoms with Crippen LogP contribution >= 0.6 is 11.6 Å². The molecule has 7 heteroatoms. The van der Waals surface area contributed by atoms with Gasteiger partial charge in [0.15, 0.2) is 0 Å². The van der Waals surface area contributed by atoms with Crippen LogP contribution in [0.15, 0.2) is 48.5 Å². The summed E-state index contributed by atoms with van der Waals surface area (Å²) in [5.41, 5.74) is 0.859. The Morgan fingerprint density at radius 1 is 1.19 bits per heavy atom. The number of halogens is 1. The normalized spacial score (nSPS) is 17.1. The van der Waals surface area contributed by atoms with Crippen molar-refractivity contribution in [3.8, 4) is 5.75 Å². The minimum absolute atomic E-state index is 0.104. The van der Waals surface area contributed by atoms with E-state index < -0.39 is 11.6 Å². The van der Waals surface area contributed by atoms with Gasteiger partial charge in [-0.05, 0) is 56.1 Å². The first-order valence-corrected chi connectivity index (χ1v) is 11.6. The van der Waals surface area contributed by atoms with E-state index in [4.69, 9.17) is 21.4 Å². The molecule has 174 valence electrons. The molecule has 0 bridgehead atoms. The molecule has 1 fully saturated rings. The standard InChI is InChI=1S/C25H33ClN2O4/c1-2-25(31,18-32-23-6-4-3-5-20(23)15-24(29)30)17-27-22-11-13-28(14-12-22)16-19-7-9-21(26)10-8-19/h3-10,22,27,31H,2,11-18H2,1H3,(H,29,30). The van der Waals surface area contributed by atoms with E-state index in [1.807, 2.05) is 25.1 Å². The number of carboxylic acids is 1. The Morgan fingerprint density at radius 2 is 1.88 bits per heavy atom. The summed E-state index contributed by atoms with van der Waals surface area (Å²) in [4.78, 5) is 13.5. The number of hydrogen-bond acceptors (Lipinski definition) is 5. The number of aliphatic hydroxyl groups is 1. The number of para-hydroxylation sites is 1. The Labute approximate surface area is 195 Å². The van der Waals surface area contributed by atoms with E-state index in [9.17, 15) is 9.90 Å². The average Bonchev–Trinajstić information content (AvgIpc) is 2.79. The largest absolute Gasteiger partial charge is 0.490 e. The maximum Gasteiger partial charge on any atom is 0.307 e. The maximum atomic E-state index is 11.1. The molecule has 3 N–H and O–H groups in total. The highest BCUT2D eigenvalue weighted by molar-refractivity contribution is 6.30. The lowest BCUT2D eigenvalue weighted by molar-refractivity contribution is -0.136. The molecule has 6 nitrogen and oxygen atoms in total. The Bertz CT molecular complexity index is 869. The first kappa shape index (κ1) is 24.5. The first-order valence-electron chi connectivity index (χ1n) is 11.2. The minimum atomic E-state index is -1.02. The van der Waals surface area contributed by atoms with E-state index in [1.165, 1.54) is 5.56 Å². The molecule has 1 heterocycles. The number of nitrogens with zero attached hydrogens (tertiary/aromatic N) is 1. The smallest absolute Gasteiger partial charge is 0.307 e. The molecule has 0 amide bonds. The zero-order valence-electron chi connectivity index (χ0n) is 18.6. The summed E-state index contributed by atoms with van der Waals surface area (Å²) in [7, 11) is 0. The molecule has 3 rings (SSSR count). The Morgan fingerprint density at radius 3 is 2.53 bits per heavy atom. The molecule has 2 aromatic rings. The number of benzene rings is 2. The van der Waals surface area contributed by atoms with Crippen molar-refractivity contribution in [3.63, 3.8) is 0 Å². The molecule has 0 radical (unpaired) electrons. The molecule has 1 aliphatic heterocycles. The number of piperidine rings is 1. The third-order valence-electron chi connectivity index (χ3n) is 6.10. The van der Waals surface area contributed by atoms with E-state index in [-0.39, 0.29) is 13.0 Å². The zero-order valence-corrected chi connectivity index (χ0v) is 19.4. The highest BCUT2D eigenvalue weighted by Gasteiger charge is 2.28. The Balaban J connectivity index is 1.45. The molecule has 1 atom stereocenters. The van der Waals surface area contributed by atoms with Gasteiger partial charge in [-0.1, -0.05) is 48.9 Å². The minimum Gasteiger partial charge on any atom is -0.490 e. The second-order valence-corrected chi connectivity index (χ2v) is 9.04. The lowest BCUT2D eigenvalue weighted by Crippen LogP contribution is -2.50. The van der Waals surface area contributed by atoms with Crippen LogP contribution in [0.1, 0.15) is 37.3 Å². The zero-order chi connectivity index (χ0) is 23.0. The van der Waals surface area contributed by atoms with Crippen molar-refractivity contribution in [1.82, 2.24) is 10.2 Å². The third kappa shape index (κ3) is 7.48. The van der Waals surface area contributed by atoms with Gasteiger partial charge >= 0.3 is 5.97 Å². The summed E-state index contributed by atoms with van der Waals surface area (Å²) in [6, 6.07) is 15.4. The molecule has 0 aliphatic carbocycles. The molecule has 1 aliphatic rings. The van der Waals surface area contributed by atoms with Crippen LogP contribution in [-0.2, 0) is 17.8 Å². The Hall–Kier alpha value is -2.12. The predicted octanol–water partition coefficient (Wildman–Crippen LogP) is 3.74. The number of aliphatic carboxylic acids is 1. The van der Waals surface area contributed by atoms with Gasteiger partial charge in [-0.25, -0.2) is 0 Å². The molecule has 32 heavy (non-hydrogen) atoms. The van der Waals surface area contributed by atoms with Gasteiger partial charge in [0.1, 0.15) is 18.0 Å². The topological polar surface area (TPSA) is 82.0 Å². The van der Waals surface area contributed by atoms with Crippen LogP contribution in [0.4, 0.5) is 0 Å². The fraction of sp³-hybridized carbons (Fsp3) is 0.480. The molecule has 2 aromatic carbocycles. The number of carboxylic acid groups (broad SMARTS) is 1. The van der Waals surface area contributed by atoms with Gasteiger partial charge in [0.05, 0.1) is 6.42 Å². The summed E-state index contributed by atoms with van der Waals surface area (Å²) in [6.45, 7) is 5.41. The van der Waals surface area contributed by atoms with Gasteiger partial charge in [0, 0.05) is 29.7 Å². The van der Waals surface area contributed by atoms with E-state index in [1.54, 1.807) is 18.2 Å². The van der Waals surface area contributed by atoms with Crippen LogP contribution in [0.3, 0.4) is 0 Å². The van der Waals surface area contributed by atoms with E-state index >= 15 is 0 Å². The summed E-state index contributed by atoms with van der Waals surface area (Å²) in [5, 5.41) is 24.4. The van der Waals surface area contributed by atoms with Crippen molar-refractivity contribution in [2.75, 3.05) is 26.2 Å². The summed E-state index contributed by atoms with van der Waals surface area (Å²) < 4.78 is 5.85. The van der Waals surface area contributed by atoms with Crippen LogP contribution in [0.2, 0.25) is 5.02 Å². The van der Waals surface area contributed by atoms with Gasteiger partial charge in [0.25, 0.3) is 0 Å². The fourth-order valence-corrected chi connectivity index (χ4v) is 4.05. The second-order valence-electron chi connectivity index (χ2n) is 8.60. The second kappa shape index (κ2) is 11.7. The average molecular weight is 461 g/mol. The van der Waals surface area contributed by atoms with Crippen LogP contribution in [0.5, 0.6) is 5.75 Å². The molecule has 0 spiro atoms. The number of likely N-dealkylation sites (tertiary alicyclic amines) is 1. The van der Waals surface area contributed by atoms with Gasteiger partial charge in [-0.15, -0.1) is 0 Å². The number of hydrogen-bond donors (Lipinski definition) is 3. The van der Waals surface area contributed by atoms with Crippen molar-refractivity contribution in [1.29, 1.82) is 0 Å². The SMILES string of the molecule is CCC(O)(CNC1CCN(Cc2ccc(Cl)cc2)CC1)COc1ccccc1CC(=O)O. The van der Waals surface area contributed by atoms with Crippen molar-refractivity contribution >= 4 is 17.6 Å². The summed E-state index contributed by atoms with van der Waals surface area (Å²) in [6.07, 6.45) is 2.48. The molecular weight excluding hydrogens is 428 g/mol. The number of carbonyl (C=O) groups is 1. The number of nitrogens with one attached hydrogen (secondary N) is 1. The number of ether oxygens (including phenoxy) is 1. The van der Waals surface area contributed by atoms with E-state index in [0.717, 1.165) is 37.5 Å². The van der Waals surface area contributed by atoms with Gasteiger partial charge in [-0.2, -0.15) is 0 Å². The van der Waals surface area contributed by atoms with Crippen LogP contribution in [0, 0.1) is 0 Å². The molecular formula is C25H33ClN2O4. The molecule has 0 aromatic heterocycles. The highest BCUT2D eigenvalue weighted by Crippen LogP contribution is 2.22. The van der Waals surface area contributed by atoms with Crippen LogP contribution in [0.25, 0.3) is 0 Å². The monoisotopic (exact) mass is 460 g/mol. The summed E-state index contributed by atoms with van der Waals surface area (Å²) in [5.74, 6) is -0.395. The van der Waals surface area contributed by atoms with E-state index in [2.05, 4.69) is 22.3 Å². The Kier molecular flexibility index (Phi) is 8.93. The quantitative estimate of drug-likeness (QED) is 0.474. The van der Waals surface area contributed by atoms with Crippen LogP contribution in [-0.4, -0.2) is 59.0 Å². The first-order chi connectivity index (χ1) is 15.4. The lowest BCUT2D eigenvalue weighted by Gasteiger charge is -2.35. The van der Waals surface area contributed by atoms with Crippen molar-refractivity contribution < 1.29 is 19.7 Å². The van der Waals surface area contributed by atoms with Crippen LogP contribution < -0.4 is 10.1 Å². The van der Waals surface area contributed by atoms with Gasteiger partial charge < -0.3 is 20.3 Å². The van der Waals surface area contributed by atoms with Crippen molar-refractivity contribution in [3.05, 3.63) is 64.7 Å². The van der Waals surface area contributed by atoms with Crippen molar-refractivity contribution in [2.45, 2.75) is 50.8 Å². The van der Waals surface area contributed by atoms with E-state index in [0.29, 0.717) is 30.3 Å². The summed E-state index contributed by atoms with van der Waals surface area (Å²) >= 11 is 5.97. The fourth-order valence-electron chi connectivity index (χ4n) is 3.92. The molecule has 1 unspecified atom stereocenters. The number of rotatable bonds is 11. The lowest BCUT2D eigenvalue weighted by atomic mass is 9.99. The van der Waals surface area contributed by atoms with Gasteiger partial charge in [0.2, 0.25) is 0 Å². The van der Waals surface area contributed by atoms with Gasteiger partial charge in [-0.3, -0.25) is 9.69 Å².